The van der Waals surface area contributed by atoms with Crippen LogP contribution in [0.5, 0.6) is 5.75 Å². The van der Waals surface area contributed by atoms with Gasteiger partial charge in [-0.1, -0.05) is 42.5 Å². The van der Waals surface area contributed by atoms with Crippen molar-refractivity contribution in [1.82, 2.24) is 4.90 Å². The first-order chi connectivity index (χ1) is 9.83. The van der Waals surface area contributed by atoms with Gasteiger partial charge in [0.25, 0.3) is 0 Å². The van der Waals surface area contributed by atoms with Crippen LogP contribution in [-0.2, 0) is 6.54 Å². The number of rotatable bonds is 3. The molecule has 1 saturated heterocycles. The van der Waals surface area contributed by atoms with Crippen LogP contribution in [0.1, 0.15) is 5.56 Å². The van der Waals surface area contributed by atoms with Crippen LogP contribution in [0.2, 0.25) is 0 Å². The standard InChI is InChI=1S/C17H20N2O/c20-17-9-5-4-8-16(17)19-12-10-18(11-13-19)14-15-6-2-1-3-7-15/h1-9,20H,10-14H2. The summed E-state index contributed by atoms with van der Waals surface area (Å²) in [6.07, 6.45) is 0. The minimum Gasteiger partial charge on any atom is -0.506 e. The molecule has 3 nitrogen and oxygen atoms in total. The predicted octanol–water partition coefficient (Wildman–Crippen LogP) is 2.71. The SMILES string of the molecule is Oc1ccccc1N1CCN(Cc2ccccc2)CC1. The monoisotopic (exact) mass is 268 g/mol. The van der Waals surface area contributed by atoms with Crippen LogP contribution in [0.25, 0.3) is 0 Å². The Morgan fingerprint density at radius 1 is 0.800 bits per heavy atom. The third-order valence-electron chi connectivity index (χ3n) is 3.84. The fourth-order valence-corrected chi connectivity index (χ4v) is 2.72. The van der Waals surface area contributed by atoms with Gasteiger partial charge in [0.1, 0.15) is 5.75 Å². The van der Waals surface area contributed by atoms with E-state index in [9.17, 15) is 5.11 Å². The average molecular weight is 268 g/mol. The number of anilines is 1. The van der Waals surface area contributed by atoms with Crippen molar-refractivity contribution in [2.45, 2.75) is 6.54 Å². The topological polar surface area (TPSA) is 26.7 Å². The van der Waals surface area contributed by atoms with Crippen LogP contribution < -0.4 is 4.90 Å². The first-order valence-electron chi connectivity index (χ1n) is 7.12. The van der Waals surface area contributed by atoms with Gasteiger partial charge in [-0.05, 0) is 17.7 Å². The Bertz CT molecular complexity index is 548. The number of hydrogen-bond acceptors (Lipinski definition) is 3. The van der Waals surface area contributed by atoms with Crippen molar-refractivity contribution in [2.75, 3.05) is 31.1 Å². The van der Waals surface area contributed by atoms with E-state index in [2.05, 4.69) is 40.1 Å². The van der Waals surface area contributed by atoms with Gasteiger partial charge < -0.3 is 10.0 Å². The van der Waals surface area contributed by atoms with E-state index in [1.165, 1.54) is 5.56 Å². The third-order valence-corrected chi connectivity index (χ3v) is 3.84. The Morgan fingerprint density at radius 3 is 2.15 bits per heavy atom. The number of phenolic OH excluding ortho intramolecular Hbond substituents is 1. The minimum atomic E-state index is 0.379. The van der Waals surface area contributed by atoms with Gasteiger partial charge in [-0.15, -0.1) is 0 Å². The number of para-hydroxylation sites is 2. The molecular weight excluding hydrogens is 248 g/mol. The van der Waals surface area contributed by atoms with Crippen molar-refractivity contribution < 1.29 is 5.11 Å². The Balaban J connectivity index is 1.59. The highest BCUT2D eigenvalue weighted by Crippen LogP contribution is 2.27. The zero-order chi connectivity index (χ0) is 13.8. The molecule has 1 aliphatic rings. The van der Waals surface area contributed by atoms with Crippen molar-refractivity contribution in [2.24, 2.45) is 0 Å². The molecule has 1 N–H and O–H groups in total. The average Bonchev–Trinajstić information content (AvgIpc) is 2.50. The lowest BCUT2D eigenvalue weighted by atomic mass is 10.2. The number of benzene rings is 2. The number of piperazine rings is 1. The minimum absolute atomic E-state index is 0.379. The van der Waals surface area contributed by atoms with Crippen LogP contribution >= 0.6 is 0 Å². The second kappa shape index (κ2) is 5.97. The van der Waals surface area contributed by atoms with Gasteiger partial charge in [-0.3, -0.25) is 4.90 Å². The first kappa shape index (κ1) is 13.0. The molecule has 1 aliphatic heterocycles. The molecule has 0 spiro atoms. The molecule has 1 heterocycles. The van der Waals surface area contributed by atoms with Crippen molar-refractivity contribution >= 4 is 5.69 Å². The lowest BCUT2D eigenvalue weighted by Crippen LogP contribution is -2.45. The second-order valence-corrected chi connectivity index (χ2v) is 5.24. The summed E-state index contributed by atoms with van der Waals surface area (Å²) in [7, 11) is 0. The molecule has 2 aromatic carbocycles. The van der Waals surface area contributed by atoms with E-state index >= 15 is 0 Å². The van der Waals surface area contributed by atoms with E-state index in [0.717, 1.165) is 38.4 Å². The molecule has 0 aromatic heterocycles. The van der Waals surface area contributed by atoms with E-state index < -0.39 is 0 Å². The molecule has 1 fully saturated rings. The fraction of sp³-hybridized carbons (Fsp3) is 0.294. The Labute approximate surface area is 120 Å². The summed E-state index contributed by atoms with van der Waals surface area (Å²) < 4.78 is 0. The normalized spacial score (nSPS) is 16.3. The summed E-state index contributed by atoms with van der Waals surface area (Å²) in [6.45, 7) is 5.00. The molecule has 0 unspecified atom stereocenters. The fourth-order valence-electron chi connectivity index (χ4n) is 2.72. The maximum absolute atomic E-state index is 9.91. The van der Waals surface area contributed by atoms with Crippen molar-refractivity contribution in [3.05, 3.63) is 60.2 Å². The van der Waals surface area contributed by atoms with E-state index in [-0.39, 0.29) is 0 Å². The Hall–Kier alpha value is -2.00. The van der Waals surface area contributed by atoms with Gasteiger partial charge in [0, 0.05) is 32.7 Å². The molecule has 104 valence electrons. The van der Waals surface area contributed by atoms with Crippen LogP contribution in [0.4, 0.5) is 5.69 Å². The van der Waals surface area contributed by atoms with Crippen LogP contribution in [-0.4, -0.2) is 36.2 Å². The van der Waals surface area contributed by atoms with Gasteiger partial charge in [0.05, 0.1) is 5.69 Å². The van der Waals surface area contributed by atoms with Crippen LogP contribution in [0.3, 0.4) is 0 Å². The molecule has 2 aromatic rings. The molecule has 0 radical (unpaired) electrons. The highest BCUT2D eigenvalue weighted by Gasteiger charge is 2.18. The first-order valence-corrected chi connectivity index (χ1v) is 7.12. The molecule has 0 saturated carbocycles. The molecule has 3 rings (SSSR count). The summed E-state index contributed by atoms with van der Waals surface area (Å²) in [5, 5.41) is 9.91. The van der Waals surface area contributed by atoms with E-state index in [1.54, 1.807) is 6.07 Å². The largest absolute Gasteiger partial charge is 0.506 e. The summed E-state index contributed by atoms with van der Waals surface area (Å²) in [5.41, 5.74) is 2.32. The van der Waals surface area contributed by atoms with Crippen molar-refractivity contribution in [1.29, 1.82) is 0 Å². The Morgan fingerprint density at radius 2 is 1.45 bits per heavy atom. The molecular formula is C17H20N2O. The van der Waals surface area contributed by atoms with E-state index in [0.29, 0.717) is 5.75 Å². The van der Waals surface area contributed by atoms with Crippen molar-refractivity contribution in [3.63, 3.8) is 0 Å². The third kappa shape index (κ3) is 2.94. The molecule has 0 aliphatic carbocycles. The lowest BCUT2D eigenvalue weighted by molar-refractivity contribution is 0.249. The summed E-state index contributed by atoms with van der Waals surface area (Å²) in [5.74, 6) is 0.379. The molecule has 0 amide bonds. The highest BCUT2D eigenvalue weighted by atomic mass is 16.3. The van der Waals surface area contributed by atoms with Gasteiger partial charge in [0.2, 0.25) is 0 Å². The van der Waals surface area contributed by atoms with Gasteiger partial charge in [-0.25, -0.2) is 0 Å². The summed E-state index contributed by atoms with van der Waals surface area (Å²) >= 11 is 0. The maximum atomic E-state index is 9.91. The van der Waals surface area contributed by atoms with Crippen molar-refractivity contribution in [3.8, 4) is 5.75 Å². The van der Waals surface area contributed by atoms with Crippen LogP contribution in [0.15, 0.2) is 54.6 Å². The summed E-state index contributed by atoms with van der Waals surface area (Å²) in [4.78, 5) is 4.72. The van der Waals surface area contributed by atoms with Gasteiger partial charge in [0.15, 0.2) is 0 Å². The quantitative estimate of drug-likeness (QED) is 0.927. The molecule has 0 atom stereocenters. The molecule has 20 heavy (non-hydrogen) atoms. The van der Waals surface area contributed by atoms with Gasteiger partial charge >= 0.3 is 0 Å². The van der Waals surface area contributed by atoms with E-state index in [4.69, 9.17) is 0 Å². The summed E-state index contributed by atoms with van der Waals surface area (Å²) in [6, 6.07) is 18.2. The van der Waals surface area contributed by atoms with Crippen LogP contribution in [0, 0.1) is 0 Å². The maximum Gasteiger partial charge on any atom is 0.138 e. The lowest BCUT2D eigenvalue weighted by Gasteiger charge is -2.36. The zero-order valence-electron chi connectivity index (χ0n) is 11.6. The van der Waals surface area contributed by atoms with E-state index in [1.807, 2.05) is 18.2 Å². The number of nitrogens with zero attached hydrogens (tertiary/aromatic N) is 2. The predicted molar refractivity (Wildman–Crippen MR) is 82.0 cm³/mol. The number of phenols is 1. The number of aromatic hydroxyl groups is 1. The zero-order valence-corrected chi connectivity index (χ0v) is 11.6. The highest BCUT2D eigenvalue weighted by molar-refractivity contribution is 5.57. The number of hydrogen-bond donors (Lipinski definition) is 1. The molecule has 0 bridgehead atoms. The van der Waals surface area contributed by atoms with Gasteiger partial charge in [-0.2, -0.15) is 0 Å². The Kier molecular flexibility index (Phi) is 3.88. The molecule has 3 heteroatoms. The smallest absolute Gasteiger partial charge is 0.138 e. The second-order valence-electron chi connectivity index (χ2n) is 5.24.